The van der Waals surface area contributed by atoms with Gasteiger partial charge in [0.1, 0.15) is 5.82 Å². The minimum absolute atomic E-state index is 0.536. The van der Waals surface area contributed by atoms with E-state index in [1.807, 2.05) is 6.92 Å². The van der Waals surface area contributed by atoms with E-state index in [0.717, 1.165) is 23.6 Å². The highest BCUT2D eigenvalue weighted by Crippen LogP contribution is 2.19. The first kappa shape index (κ1) is 13.6. The third-order valence-electron chi connectivity index (χ3n) is 3.87. The maximum Gasteiger partial charge on any atom is 0.128 e. The normalized spacial score (nSPS) is 20.3. The fourth-order valence-corrected chi connectivity index (χ4v) is 2.83. The molecule has 1 aliphatic rings. The molecule has 3 nitrogen and oxygen atoms in total. The number of hydrogen-bond acceptors (Lipinski definition) is 3. The molecule has 0 saturated carbocycles. The van der Waals surface area contributed by atoms with Gasteiger partial charge >= 0.3 is 0 Å². The average Bonchev–Trinajstić information content (AvgIpc) is 2.75. The van der Waals surface area contributed by atoms with Crippen molar-refractivity contribution in [1.29, 1.82) is 0 Å². The van der Waals surface area contributed by atoms with E-state index in [4.69, 9.17) is 11.6 Å². The molecular weight excluding hydrogens is 246 g/mol. The number of pyridine rings is 1. The summed E-state index contributed by atoms with van der Waals surface area (Å²) in [6.07, 6.45) is 2.60. The van der Waals surface area contributed by atoms with Crippen molar-refractivity contribution in [2.24, 2.45) is 0 Å². The van der Waals surface area contributed by atoms with Gasteiger partial charge in [0.25, 0.3) is 0 Å². The average molecular weight is 268 g/mol. The Bertz CT molecular complexity index is 408. The van der Waals surface area contributed by atoms with E-state index < -0.39 is 0 Å². The number of rotatable bonds is 4. The zero-order chi connectivity index (χ0) is 13.1. The summed E-state index contributed by atoms with van der Waals surface area (Å²) in [7, 11) is 4.33. The van der Waals surface area contributed by atoms with E-state index in [1.165, 1.54) is 19.4 Å². The molecule has 0 spiro atoms. The lowest BCUT2D eigenvalue weighted by Crippen LogP contribution is -2.37. The van der Waals surface area contributed by atoms with Crippen molar-refractivity contribution in [1.82, 2.24) is 9.88 Å². The SMILES string of the molecule is Cc1nc(N(C)CC2CCCN2C)ccc1CCl. The molecule has 0 amide bonds. The monoisotopic (exact) mass is 267 g/mol. The molecule has 1 fully saturated rings. The van der Waals surface area contributed by atoms with Gasteiger partial charge in [0.2, 0.25) is 0 Å². The predicted molar refractivity (Wildman–Crippen MR) is 77.5 cm³/mol. The number of alkyl halides is 1. The molecule has 1 unspecified atom stereocenters. The number of likely N-dealkylation sites (N-methyl/N-ethyl adjacent to an activating group) is 2. The van der Waals surface area contributed by atoms with Crippen LogP contribution < -0.4 is 4.90 Å². The van der Waals surface area contributed by atoms with Crippen molar-refractivity contribution >= 4 is 17.4 Å². The highest BCUT2D eigenvalue weighted by molar-refractivity contribution is 6.17. The quantitative estimate of drug-likeness (QED) is 0.782. The van der Waals surface area contributed by atoms with E-state index >= 15 is 0 Å². The first-order valence-corrected chi connectivity index (χ1v) is 7.09. The van der Waals surface area contributed by atoms with Gasteiger partial charge in [0.05, 0.1) is 0 Å². The van der Waals surface area contributed by atoms with Gasteiger partial charge in [0.15, 0.2) is 0 Å². The van der Waals surface area contributed by atoms with E-state index in [-0.39, 0.29) is 0 Å². The molecule has 1 aromatic rings. The van der Waals surface area contributed by atoms with E-state index in [2.05, 4.69) is 41.0 Å². The molecule has 0 bridgehead atoms. The second-order valence-corrected chi connectivity index (χ2v) is 5.47. The lowest BCUT2D eigenvalue weighted by Gasteiger charge is -2.27. The van der Waals surface area contributed by atoms with Gasteiger partial charge in [-0.05, 0) is 45.0 Å². The summed E-state index contributed by atoms with van der Waals surface area (Å²) in [6, 6.07) is 4.81. The lowest BCUT2D eigenvalue weighted by molar-refractivity contribution is 0.314. The second-order valence-electron chi connectivity index (χ2n) is 5.20. The van der Waals surface area contributed by atoms with Gasteiger partial charge in [-0.25, -0.2) is 4.98 Å². The summed E-state index contributed by atoms with van der Waals surface area (Å²) in [4.78, 5) is 9.32. The van der Waals surface area contributed by atoms with Crippen LogP contribution in [0.5, 0.6) is 0 Å². The molecule has 0 aromatic carbocycles. The predicted octanol–water partition coefficient (Wildman–Crippen LogP) is 2.66. The van der Waals surface area contributed by atoms with Crippen LogP contribution in [0.2, 0.25) is 0 Å². The van der Waals surface area contributed by atoms with Crippen LogP contribution in [0.15, 0.2) is 12.1 Å². The number of hydrogen-bond donors (Lipinski definition) is 0. The second kappa shape index (κ2) is 5.89. The van der Waals surface area contributed by atoms with Crippen LogP contribution >= 0.6 is 11.6 Å². The summed E-state index contributed by atoms with van der Waals surface area (Å²) in [5.74, 6) is 1.58. The summed E-state index contributed by atoms with van der Waals surface area (Å²) in [6.45, 7) is 4.29. The molecule has 100 valence electrons. The fourth-order valence-electron chi connectivity index (χ4n) is 2.55. The molecular formula is C14H22ClN3. The molecule has 0 radical (unpaired) electrons. The Balaban J connectivity index is 2.04. The van der Waals surface area contributed by atoms with Crippen LogP contribution in [-0.2, 0) is 5.88 Å². The molecule has 4 heteroatoms. The Labute approximate surface area is 115 Å². The lowest BCUT2D eigenvalue weighted by atomic mass is 10.2. The Morgan fingerprint density at radius 2 is 2.28 bits per heavy atom. The minimum Gasteiger partial charge on any atom is -0.358 e. The highest BCUT2D eigenvalue weighted by Gasteiger charge is 2.22. The number of aromatic nitrogens is 1. The molecule has 2 rings (SSSR count). The first-order chi connectivity index (χ1) is 8.61. The van der Waals surface area contributed by atoms with Crippen LogP contribution in [0.3, 0.4) is 0 Å². The third kappa shape index (κ3) is 2.96. The molecule has 18 heavy (non-hydrogen) atoms. The summed E-state index contributed by atoms with van der Waals surface area (Å²) < 4.78 is 0. The molecule has 2 heterocycles. The topological polar surface area (TPSA) is 19.4 Å². The zero-order valence-corrected chi connectivity index (χ0v) is 12.2. The number of halogens is 1. The van der Waals surface area contributed by atoms with E-state index in [1.54, 1.807) is 0 Å². The summed E-state index contributed by atoms with van der Waals surface area (Å²) in [5.41, 5.74) is 2.15. The Hall–Kier alpha value is -0.800. The third-order valence-corrected chi connectivity index (χ3v) is 4.16. The van der Waals surface area contributed by atoms with Crippen LogP contribution in [0.25, 0.3) is 0 Å². The van der Waals surface area contributed by atoms with Crippen LogP contribution in [0.1, 0.15) is 24.1 Å². The van der Waals surface area contributed by atoms with Gasteiger partial charge in [-0.3, -0.25) is 0 Å². The van der Waals surface area contributed by atoms with Gasteiger partial charge in [-0.1, -0.05) is 6.07 Å². The summed E-state index contributed by atoms with van der Waals surface area (Å²) in [5, 5.41) is 0. The van der Waals surface area contributed by atoms with Gasteiger partial charge in [-0.2, -0.15) is 0 Å². The molecule has 1 aliphatic heterocycles. The van der Waals surface area contributed by atoms with Crippen LogP contribution in [-0.4, -0.2) is 43.1 Å². The Morgan fingerprint density at radius 3 is 2.83 bits per heavy atom. The molecule has 0 N–H and O–H groups in total. The van der Waals surface area contributed by atoms with Crippen molar-refractivity contribution in [2.45, 2.75) is 31.7 Å². The number of nitrogens with zero attached hydrogens (tertiary/aromatic N) is 3. The summed E-state index contributed by atoms with van der Waals surface area (Å²) >= 11 is 5.86. The number of likely N-dealkylation sites (tertiary alicyclic amines) is 1. The van der Waals surface area contributed by atoms with Crippen molar-refractivity contribution in [3.8, 4) is 0 Å². The van der Waals surface area contributed by atoms with Gasteiger partial charge in [0, 0.05) is 31.2 Å². The minimum atomic E-state index is 0.536. The first-order valence-electron chi connectivity index (χ1n) is 6.55. The van der Waals surface area contributed by atoms with Crippen molar-refractivity contribution in [3.63, 3.8) is 0 Å². The maximum absolute atomic E-state index is 5.86. The Morgan fingerprint density at radius 1 is 1.50 bits per heavy atom. The molecule has 0 aliphatic carbocycles. The van der Waals surface area contributed by atoms with Gasteiger partial charge < -0.3 is 9.80 Å². The smallest absolute Gasteiger partial charge is 0.128 e. The van der Waals surface area contributed by atoms with Gasteiger partial charge in [-0.15, -0.1) is 11.6 Å². The van der Waals surface area contributed by atoms with E-state index in [0.29, 0.717) is 11.9 Å². The van der Waals surface area contributed by atoms with Crippen molar-refractivity contribution in [2.75, 3.05) is 32.1 Å². The zero-order valence-electron chi connectivity index (χ0n) is 11.5. The highest BCUT2D eigenvalue weighted by atomic mass is 35.5. The van der Waals surface area contributed by atoms with Crippen LogP contribution in [0, 0.1) is 6.92 Å². The standard InChI is InChI=1S/C14H22ClN3/c1-11-12(9-15)6-7-14(16-11)18(3)10-13-5-4-8-17(13)2/h6-7,13H,4-5,8-10H2,1-3H3. The largest absolute Gasteiger partial charge is 0.358 e. The Kier molecular flexibility index (Phi) is 4.46. The molecule has 1 saturated heterocycles. The molecule has 1 atom stereocenters. The molecule has 1 aromatic heterocycles. The van der Waals surface area contributed by atoms with Crippen LogP contribution in [0.4, 0.5) is 5.82 Å². The van der Waals surface area contributed by atoms with Crippen molar-refractivity contribution in [3.05, 3.63) is 23.4 Å². The van der Waals surface area contributed by atoms with Crippen molar-refractivity contribution < 1.29 is 0 Å². The maximum atomic E-state index is 5.86. The fraction of sp³-hybridized carbons (Fsp3) is 0.643. The number of aryl methyl sites for hydroxylation is 1. The van der Waals surface area contributed by atoms with E-state index in [9.17, 15) is 0 Å². The number of anilines is 1.